The number of nitrogens with zero attached hydrogens (tertiary/aromatic N) is 6. The van der Waals surface area contributed by atoms with Gasteiger partial charge in [0, 0.05) is 45.9 Å². The fraction of sp³-hybridized carbons (Fsp3) is 0.594. The van der Waals surface area contributed by atoms with E-state index in [4.69, 9.17) is 57.2 Å². The first-order chi connectivity index (χ1) is 28.4. The van der Waals surface area contributed by atoms with Crippen LogP contribution in [0.2, 0.25) is 0 Å². The lowest BCUT2D eigenvalue weighted by atomic mass is 10.1. The van der Waals surface area contributed by atoms with Gasteiger partial charge < -0.3 is 48.7 Å². The number of hydrogen-bond donors (Lipinski definition) is 4. The van der Waals surface area contributed by atoms with E-state index in [0.717, 1.165) is 27.5 Å². The molecule has 59 heavy (non-hydrogen) atoms. The lowest BCUT2D eigenvalue weighted by Crippen LogP contribution is -2.42. The number of hydrogen-bond acceptors (Lipinski definition) is 21. The molecule has 4 aromatic heterocycles. The Labute approximate surface area is 330 Å². The second kappa shape index (κ2) is 16.8. The van der Waals surface area contributed by atoms with Crippen LogP contribution in [0.25, 0.3) is 11.2 Å². The number of aromatic nitrogens is 8. The van der Waals surface area contributed by atoms with Gasteiger partial charge >= 0.3 is 19.2 Å². The van der Waals surface area contributed by atoms with Crippen LogP contribution in [0.5, 0.6) is 0 Å². The van der Waals surface area contributed by atoms with E-state index in [1.54, 1.807) is 4.57 Å². The van der Waals surface area contributed by atoms with E-state index in [2.05, 4.69) is 24.9 Å². The molecule has 0 amide bonds. The average Bonchev–Trinajstić information content (AvgIpc) is 4.03. The van der Waals surface area contributed by atoms with Crippen LogP contribution < -0.4 is 28.2 Å². The molecular weight excluding hydrogens is 813 g/mol. The zero-order valence-corrected chi connectivity index (χ0v) is 32.3. The van der Waals surface area contributed by atoms with Crippen molar-refractivity contribution in [2.45, 2.75) is 73.6 Å². The number of nitrogen functional groups attached to an aromatic ring is 1. The number of anilines is 1. The van der Waals surface area contributed by atoms with Gasteiger partial charge in [0.2, 0.25) is 0 Å². The van der Waals surface area contributed by atoms with E-state index >= 15 is 4.57 Å². The predicted molar refractivity (Wildman–Crippen MR) is 193 cm³/mol. The molecule has 4 fully saturated rings. The third-order valence-corrected chi connectivity index (χ3v) is 11.6. The number of ether oxygens (including phenoxy) is 8. The summed E-state index contributed by atoms with van der Waals surface area (Å²) in [6.45, 7) is -1.08. The lowest BCUT2D eigenvalue weighted by Gasteiger charge is -2.31. The van der Waals surface area contributed by atoms with Gasteiger partial charge in [0.1, 0.15) is 73.6 Å². The number of phosphoric ester groups is 1. The molecule has 1 unspecified atom stereocenters. The summed E-state index contributed by atoms with van der Waals surface area (Å²) < 4.78 is 83.8. The molecule has 27 heteroatoms. The molecule has 320 valence electrons. The Morgan fingerprint density at radius 3 is 2.05 bits per heavy atom. The van der Waals surface area contributed by atoms with Crippen LogP contribution in [0.15, 0.2) is 56.4 Å². The maximum absolute atomic E-state index is 15.3. The highest BCUT2D eigenvalue weighted by Crippen LogP contribution is 2.57. The fourth-order valence-corrected chi connectivity index (χ4v) is 9.05. The smallest absolute Gasteiger partial charge is 0.387 e. The number of fused-ring (bicyclic) bond motifs is 2. The summed E-state index contributed by atoms with van der Waals surface area (Å²) in [5.41, 5.74) is 3.49. The monoisotopic (exact) mass is 853 g/mol. The summed E-state index contributed by atoms with van der Waals surface area (Å²) in [7, 11) is -1.12. The van der Waals surface area contributed by atoms with Crippen LogP contribution in [-0.4, -0.2) is 147 Å². The molecule has 0 bridgehead atoms. The number of aromatic amines is 2. The van der Waals surface area contributed by atoms with Crippen LogP contribution in [0, 0.1) is 0 Å². The number of phosphoric acid groups is 1. The zero-order valence-electron chi connectivity index (χ0n) is 31.4. The van der Waals surface area contributed by atoms with Crippen LogP contribution in [0.3, 0.4) is 0 Å². The number of nitrogens with two attached hydrogens (primary N) is 1. The molecule has 8 heterocycles. The molecule has 26 nitrogen and oxygen atoms in total. The van der Waals surface area contributed by atoms with Gasteiger partial charge in [0.25, 0.3) is 11.1 Å². The normalized spacial score (nSPS) is 32.8. The minimum atomic E-state index is -5.11. The van der Waals surface area contributed by atoms with Crippen LogP contribution in [-0.2, 0) is 56.0 Å². The Hall–Kier alpha value is -4.54. The Kier molecular flexibility index (Phi) is 11.8. The van der Waals surface area contributed by atoms with Crippen LogP contribution in [0.1, 0.15) is 18.7 Å². The Bertz CT molecular complexity index is 2420. The van der Waals surface area contributed by atoms with Crippen LogP contribution >= 0.6 is 7.82 Å². The first-order valence-electron chi connectivity index (χ1n) is 18.0. The summed E-state index contributed by atoms with van der Waals surface area (Å²) >= 11 is 0. The van der Waals surface area contributed by atoms with E-state index in [-0.39, 0.29) is 25.8 Å². The minimum Gasteiger partial charge on any atom is -0.387 e. The molecule has 5 N–H and O–H groups in total. The Morgan fingerprint density at radius 2 is 1.39 bits per heavy atom. The molecule has 0 radical (unpaired) electrons. The van der Waals surface area contributed by atoms with E-state index in [0.29, 0.717) is 11.2 Å². The molecule has 8 rings (SSSR count). The van der Waals surface area contributed by atoms with Crippen molar-refractivity contribution >= 4 is 24.8 Å². The van der Waals surface area contributed by atoms with Gasteiger partial charge in [-0.2, -0.15) is 0 Å². The van der Waals surface area contributed by atoms with E-state index in [9.17, 15) is 24.3 Å². The van der Waals surface area contributed by atoms with Gasteiger partial charge in [-0.25, -0.2) is 29.1 Å². The van der Waals surface area contributed by atoms with Gasteiger partial charge in [-0.1, -0.05) is 0 Å². The quantitative estimate of drug-likeness (QED) is 0.0899. The van der Waals surface area contributed by atoms with Gasteiger partial charge in [-0.3, -0.25) is 46.8 Å². The van der Waals surface area contributed by atoms with Crippen molar-refractivity contribution in [3.8, 4) is 0 Å². The van der Waals surface area contributed by atoms with Gasteiger partial charge in [-0.05, 0) is 0 Å². The Balaban J connectivity index is 1.14. The third kappa shape index (κ3) is 7.83. The number of nitrogens with one attached hydrogen (secondary N) is 2. The van der Waals surface area contributed by atoms with E-state index < -0.39 is 111 Å². The second-order valence-corrected chi connectivity index (χ2v) is 15.3. The lowest BCUT2D eigenvalue weighted by molar-refractivity contribution is -0.112. The number of aliphatic hydroxyl groups excluding tert-OH is 1. The molecule has 0 spiro atoms. The first-order valence-corrected chi connectivity index (χ1v) is 19.4. The van der Waals surface area contributed by atoms with Crippen molar-refractivity contribution < 1.29 is 61.1 Å². The second-order valence-electron chi connectivity index (χ2n) is 13.7. The largest absolute Gasteiger partial charge is 0.475 e. The van der Waals surface area contributed by atoms with Gasteiger partial charge in [-0.15, -0.1) is 0 Å². The highest BCUT2D eigenvalue weighted by Gasteiger charge is 2.56. The molecule has 4 aliphatic rings. The zero-order chi connectivity index (χ0) is 41.6. The first kappa shape index (κ1) is 41.2. The van der Waals surface area contributed by atoms with Crippen molar-refractivity contribution in [3.05, 3.63) is 78.9 Å². The number of H-pyrrole nitrogens is 2. The summed E-state index contributed by atoms with van der Waals surface area (Å²) in [5.74, 6) is 0.139. The predicted octanol–water partition coefficient (Wildman–Crippen LogP) is -2.49. The Morgan fingerprint density at radius 1 is 0.780 bits per heavy atom. The number of aliphatic hydroxyl groups is 1. The molecule has 4 aromatic rings. The molecule has 4 saturated heterocycles. The maximum Gasteiger partial charge on any atom is 0.475 e. The number of methoxy groups -OCH3 is 3. The molecule has 0 saturated carbocycles. The highest BCUT2D eigenvalue weighted by atomic mass is 31.2. The van der Waals surface area contributed by atoms with E-state index in [1.165, 1.54) is 40.2 Å². The molecule has 4 aliphatic heterocycles. The number of rotatable bonds is 15. The maximum atomic E-state index is 15.3. The van der Waals surface area contributed by atoms with Gasteiger partial charge in [0.05, 0.1) is 26.1 Å². The SMILES string of the molecule is COC[C@H]1O[C@@H](n2ccc(=O)[nH]c2=O)[C@H](OP(=O)(OC[C@H]2O[C@@H](n3cnc4c(N)ncnc43)[C@@H]3OCO[C@@H]32)O[C@H]2[C@@H](OC)[C@H](n3ccc(=O)[nH]c3=O)O[C@@H]2COC)[C@@H]1O. The summed E-state index contributed by atoms with van der Waals surface area (Å²) in [6.07, 6.45) is -9.48. The third-order valence-electron chi connectivity index (χ3n) is 10.1. The van der Waals surface area contributed by atoms with Gasteiger partial charge in [0.15, 0.2) is 30.1 Å². The van der Waals surface area contributed by atoms with E-state index in [1.807, 2.05) is 0 Å². The standard InChI is InChI=1S/C32H40N9O17P/c1-48-8-14-20(44)23(28(54-14)39-6-4-17(42)37-31(39)45)58-59(47,57-22-15(9-49-2)55-29(24(22)50-3)40-7-5-18(43)38-32(40)46)53-10-16-21-25(52-13-51-21)30(56-16)41-12-36-19-26(33)34-11-35-27(19)41/h4-7,11-12,14-16,20-25,28-30,44H,8-10,13H2,1-3H3,(H2,33,34,35)(H,37,42,45)(H,38,43,46)/t14-,15-,16-,20-,21-,22-,23-,24-,25-,28-,29-,30-,59?/m1/s1. The van der Waals surface area contributed by atoms with Crippen molar-refractivity contribution in [2.24, 2.45) is 0 Å². The molecular formula is C32H40N9O17P. The summed E-state index contributed by atoms with van der Waals surface area (Å²) in [5, 5.41) is 11.5. The summed E-state index contributed by atoms with van der Waals surface area (Å²) in [6, 6.07) is 2.13. The highest BCUT2D eigenvalue weighted by molar-refractivity contribution is 7.48. The fourth-order valence-electron chi connectivity index (χ4n) is 7.47. The molecule has 0 aliphatic carbocycles. The topological polar surface area (TPSA) is 318 Å². The van der Waals surface area contributed by atoms with Crippen molar-refractivity contribution in [3.63, 3.8) is 0 Å². The average molecular weight is 854 g/mol. The van der Waals surface area contributed by atoms with Crippen molar-refractivity contribution in [1.82, 2.24) is 38.6 Å². The molecule has 0 aromatic carbocycles. The minimum absolute atomic E-state index is 0.124. The molecule has 13 atom stereocenters. The number of imidazole rings is 1. The summed E-state index contributed by atoms with van der Waals surface area (Å²) in [4.78, 5) is 66.6. The van der Waals surface area contributed by atoms with Crippen molar-refractivity contribution in [2.75, 3.05) is 53.7 Å². The van der Waals surface area contributed by atoms with Crippen molar-refractivity contribution in [1.29, 1.82) is 0 Å². The van der Waals surface area contributed by atoms with Crippen LogP contribution in [0.4, 0.5) is 5.82 Å².